The van der Waals surface area contributed by atoms with E-state index in [-0.39, 0.29) is 0 Å². The molecule has 0 amide bonds. The highest BCUT2D eigenvalue weighted by Crippen LogP contribution is 2.07. The van der Waals surface area contributed by atoms with Crippen LogP contribution in [-0.2, 0) is 0 Å². The third-order valence-corrected chi connectivity index (χ3v) is 2.92. The van der Waals surface area contributed by atoms with Gasteiger partial charge in [0.05, 0.1) is 6.61 Å². The Hall–Kier alpha value is -1.75. The molecule has 1 aromatic carbocycles. The van der Waals surface area contributed by atoms with Gasteiger partial charge in [-0.25, -0.2) is 0 Å². The van der Waals surface area contributed by atoms with Gasteiger partial charge in [-0.1, -0.05) is 18.2 Å². The minimum absolute atomic E-state index is 0.703. The summed E-state index contributed by atoms with van der Waals surface area (Å²) < 4.78 is 5.64. The highest BCUT2D eigenvalue weighted by molar-refractivity contribution is 5.79. The van der Waals surface area contributed by atoms with Crippen LogP contribution in [0.25, 0.3) is 0 Å². The summed E-state index contributed by atoms with van der Waals surface area (Å²) in [5.41, 5.74) is 0. The molecule has 21 heavy (non-hydrogen) atoms. The molecule has 0 atom stereocenters. The Morgan fingerprint density at radius 3 is 2.38 bits per heavy atom. The van der Waals surface area contributed by atoms with Gasteiger partial charge in [0.25, 0.3) is 0 Å². The molecule has 1 aromatic rings. The Morgan fingerprint density at radius 2 is 1.76 bits per heavy atom. The molecular weight excluding hydrogens is 264 g/mol. The largest absolute Gasteiger partial charge is 0.494 e. The van der Waals surface area contributed by atoms with Crippen molar-refractivity contribution < 1.29 is 4.74 Å². The van der Waals surface area contributed by atoms with Gasteiger partial charge in [0, 0.05) is 20.1 Å². The molecular formula is C16H28N4O. The van der Waals surface area contributed by atoms with Crippen LogP contribution in [0.2, 0.25) is 0 Å². The van der Waals surface area contributed by atoms with Crippen LogP contribution < -0.4 is 15.4 Å². The van der Waals surface area contributed by atoms with Gasteiger partial charge in [0.2, 0.25) is 0 Å². The maximum absolute atomic E-state index is 5.64. The van der Waals surface area contributed by atoms with E-state index in [1.165, 1.54) is 0 Å². The number of hydrogen-bond acceptors (Lipinski definition) is 3. The molecule has 0 saturated carbocycles. The van der Waals surface area contributed by atoms with E-state index < -0.39 is 0 Å². The monoisotopic (exact) mass is 292 g/mol. The molecule has 0 unspecified atom stereocenters. The van der Waals surface area contributed by atoms with Crippen molar-refractivity contribution >= 4 is 5.96 Å². The lowest BCUT2D eigenvalue weighted by Gasteiger charge is -2.13. The predicted molar refractivity (Wildman–Crippen MR) is 89.1 cm³/mol. The molecule has 5 heteroatoms. The standard InChI is InChI=1S/C16H28N4O/c1-17-16(18-11-7-13-20(2)3)19-12-8-14-21-15-9-5-4-6-10-15/h4-6,9-10H,7-8,11-14H2,1-3H3,(H2,17,18,19). The van der Waals surface area contributed by atoms with Crippen molar-refractivity contribution in [2.75, 3.05) is 47.4 Å². The van der Waals surface area contributed by atoms with Gasteiger partial charge < -0.3 is 20.3 Å². The topological polar surface area (TPSA) is 48.9 Å². The third kappa shape index (κ3) is 8.92. The van der Waals surface area contributed by atoms with Crippen molar-refractivity contribution in [3.05, 3.63) is 30.3 Å². The molecule has 0 aliphatic carbocycles. The van der Waals surface area contributed by atoms with Crippen LogP contribution in [0.3, 0.4) is 0 Å². The maximum Gasteiger partial charge on any atom is 0.190 e. The van der Waals surface area contributed by atoms with Crippen molar-refractivity contribution in [2.24, 2.45) is 4.99 Å². The summed E-state index contributed by atoms with van der Waals surface area (Å²) in [5.74, 6) is 1.78. The van der Waals surface area contributed by atoms with Gasteiger partial charge >= 0.3 is 0 Å². The first-order valence-electron chi connectivity index (χ1n) is 7.49. The summed E-state index contributed by atoms with van der Waals surface area (Å²) in [6.45, 7) is 3.56. The van der Waals surface area contributed by atoms with Gasteiger partial charge in [-0.3, -0.25) is 4.99 Å². The lowest BCUT2D eigenvalue weighted by molar-refractivity contribution is 0.311. The number of benzene rings is 1. The van der Waals surface area contributed by atoms with Crippen molar-refractivity contribution in [3.8, 4) is 5.75 Å². The molecule has 1 rings (SSSR count). The summed E-state index contributed by atoms with van der Waals surface area (Å²) in [6.07, 6.45) is 2.04. The predicted octanol–water partition coefficient (Wildman–Crippen LogP) is 1.57. The van der Waals surface area contributed by atoms with E-state index in [0.29, 0.717) is 6.61 Å². The molecule has 0 bridgehead atoms. The lowest BCUT2D eigenvalue weighted by atomic mass is 10.3. The second kappa shape index (κ2) is 11.0. The van der Waals surface area contributed by atoms with Gasteiger partial charge in [-0.15, -0.1) is 0 Å². The van der Waals surface area contributed by atoms with Crippen molar-refractivity contribution in [3.63, 3.8) is 0 Å². The number of rotatable bonds is 9. The van der Waals surface area contributed by atoms with Crippen LogP contribution >= 0.6 is 0 Å². The molecule has 0 saturated heterocycles. The Balaban J connectivity index is 2.04. The average molecular weight is 292 g/mol. The number of aliphatic imine (C=N–C) groups is 1. The van der Waals surface area contributed by atoms with Crippen molar-refractivity contribution in [1.29, 1.82) is 0 Å². The minimum Gasteiger partial charge on any atom is -0.494 e. The maximum atomic E-state index is 5.64. The Morgan fingerprint density at radius 1 is 1.10 bits per heavy atom. The van der Waals surface area contributed by atoms with Crippen LogP contribution in [0.15, 0.2) is 35.3 Å². The van der Waals surface area contributed by atoms with Gasteiger partial charge in [0.1, 0.15) is 5.75 Å². The number of para-hydroxylation sites is 1. The van der Waals surface area contributed by atoms with Crippen molar-refractivity contribution in [2.45, 2.75) is 12.8 Å². The number of guanidine groups is 1. The van der Waals surface area contributed by atoms with Crippen LogP contribution in [0.5, 0.6) is 5.75 Å². The van der Waals surface area contributed by atoms with Gasteiger partial charge in [-0.05, 0) is 45.6 Å². The van der Waals surface area contributed by atoms with Crippen molar-refractivity contribution in [1.82, 2.24) is 15.5 Å². The summed E-state index contributed by atoms with van der Waals surface area (Å²) in [4.78, 5) is 6.38. The zero-order valence-corrected chi connectivity index (χ0v) is 13.4. The molecule has 0 aromatic heterocycles. The number of hydrogen-bond donors (Lipinski definition) is 2. The van der Waals surface area contributed by atoms with E-state index in [4.69, 9.17) is 4.74 Å². The molecule has 0 aliphatic heterocycles. The number of ether oxygens (including phenoxy) is 1. The Kier molecular flexibility index (Phi) is 9.04. The first-order chi connectivity index (χ1) is 10.2. The molecule has 0 fully saturated rings. The Labute approximate surface area is 128 Å². The fourth-order valence-electron chi connectivity index (χ4n) is 1.81. The highest BCUT2D eigenvalue weighted by atomic mass is 16.5. The first-order valence-corrected chi connectivity index (χ1v) is 7.49. The van der Waals surface area contributed by atoms with E-state index in [2.05, 4.69) is 34.6 Å². The molecule has 0 aliphatic rings. The summed E-state index contributed by atoms with van der Waals surface area (Å²) >= 11 is 0. The van der Waals surface area contributed by atoms with E-state index in [0.717, 1.165) is 44.2 Å². The van der Waals surface area contributed by atoms with E-state index >= 15 is 0 Å². The third-order valence-electron chi connectivity index (χ3n) is 2.92. The Bertz CT molecular complexity index is 393. The fraction of sp³-hybridized carbons (Fsp3) is 0.562. The highest BCUT2D eigenvalue weighted by Gasteiger charge is 1.97. The van der Waals surface area contributed by atoms with Gasteiger partial charge in [0.15, 0.2) is 5.96 Å². The minimum atomic E-state index is 0.703. The van der Waals surface area contributed by atoms with E-state index in [9.17, 15) is 0 Å². The molecule has 0 heterocycles. The molecule has 0 spiro atoms. The molecule has 2 N–H and O–H groups in total. The zero-order valence-electron chi connectivity index (χ0n) is 13.4. The van der Waals surface area contributed by atoms with Crippen LogP contribution in [0.1, 0.15) is 12.8 Å². The molecule has 5 nitrogen and oxygen atoms in total. The van der Waals surface area contributed by atoms with Crippen LogP contribution in [0, 0.1) is 0 Å². The van der Waals surface area contributed by atoms with E-state index in [1.807, 2.05) is 30.3 Å². The fourth-order valence-corrected chi connectivity index (χ4v) is 1.81. The number of nitrogens with one attached hydrogen (secondary N) is 2. The van der Waals surface area contributed by atoms with E-state index in [1.54, 1.807) is 7.05 Å². The molecule has 118 valence electrons. The first kappa shape index (κ1) is 17.3. The lowest BCUT2D eigenvalue weighted by Crippen LogP contribution is -2.39. The van der Waals surface area contributed by atoms with Crippen LogP contribution in [-0.4, -0.2) is 58.2 Å². The normalized spacial score (nSPS) is 11.5. The van der Waals surface area contributed by atoms with Crippen LogP contribution in [0.4, 0.5) is 0 Å². The zero-order chi connectivity index (χ0) is 15.3. The smallest absolute Gasteiger partial charge is 0.190 e. The van der Waals surface area contributed by atoms with Gasteiger partial charge in [-0.2, -0.15) is 0 Å². The summed E-state index contributed by atoms with van der Waals surface area (Å²) in [7, 11) is 5.96. The number of nitrogens with zero attached hydrogens (tertiary/aromatic N) is 2. The quantitative estimate of drug-likeness (QED) is 0.412. The second-order valence-electron chi connectivity index (χ2n) is 5.10. The second-order valence-corrected chi connectivity index (χ2v) is 5.10. The molecule has 0 radical (unpaired) electrons. The summed E-state index contributed by atoms with van der Waals surface area (Å²) in [6, 6.07) is 9.89. The average Bonchev–Trinajstić information content (AvgIpc) is 2.50. The summed E-state index contributed by atoms with van der Waals surface area (Å²) in [5, 5.41) is 6.59. The SMILES string of the molecule is CN=C(NCCCOc1ccccc1)NCCCN(C)C.